The molecule has 2 rings (SSSR count). The van der Waals surface area contributed by atoms with Gasteiger partial charge in [-0.2, -0.15) is 0 Å². The van der Waals surface area contributed by atoms with Crippen LogP contribution in [0.4, 0.5) is 5.82 Å². The van der Waals surface area contributed by atoms with Crippen LogP contribution in [0.3, 0.4) is 0 Å². The zero-order chi connectivity index (χ0) is 12.6. The number of anilines is 1. The van der Waals surface area contributed by atoms with Gasteiger partial charge in [0.05, 0.1) is 12.3 Å². The van der Waals surface area contributed by atoms with Crippen molar-refractivity contribution in [3.8, 4) is 5.75 Å². The number of primary sulfonamides is 1. The van der Waals surface area contributed by atoms with Gasteiger partial charge in [-0.15, -0.1) is 0 Å². The summed E-state index contributed by atoms with van der Waals surface area (Å²) in [5, 5.41) is 5.12. The Morgan fingerprint density at radius 3 is 2.59 bits per heavy atom. The molecule has 1 aromatic heterocycles. The number of sulfonamides is 1. The van der Waals surface area contributed by atoms with Gasteiger partial charge in [0.2, 0.25) is 10.0 Å². The summed E-state index contributed by atoms with van der Waals surface area (Å²) >= 11 is 0. The van der Waals surface area contributed by atoms with E-state index in [0.29, 0.717) is 5.82 Å². The molecule has 1 fully saturated rings. The molecule has 0 aliphatic heterocycles. The average molecular weight is 257 g/mol. The summed E-state index contributed by atoms with van der Waals surface area (Å²) in [4.78, 5) is 5.73. The molecule has 7 heteroatoms. The molecule has 94 valence electrons. The molecule has 2 N–H and O–H groups in total. The third-order valence-electron chi connectivity index (χ3n) is 2.40. The number of aromatic nitrogens is 1. The summed E-state index contributed by atoms with van der Waals surface area (Å²) in [5.41, 5.74) is 0. The Morgan fingerprint density at radius 1 is 1.47 bits per heavy atom. The number of ether oxygens (including phenoxy) is 1. The second kappa shape index (κ2) is 4.15. The monoisotopic (exact) mass is 257 g/mol. The van der Waals surface area contributed by atoms with E-state index in [0.717, 1.165) is 12.8 Å². The van der Waals surface area contributed by atoms with Crippen molar-refractivity contribution in [2.24, 2.45) is 5.14 Å². The highest BCUT2D eigenvalue weighted by atomic mass is 32.2. The van der Waals surface area contributed by atoms with Crippen LogP contribution in [-0.4, -0.2) is 33.6 Å². The minimum atomic E-state index is -3.80. The van der Waals surface area contributed by atoms with Gasteiger partial charge in [-0.05, 0) is 12.8 Å². The minimum Gasteiger partial charge on any atom is -0.489 e. The summed E-state index contributed by atoms with van der Waals surface area (Å²) in [7, 11) is -0.161. The standard InChI is InChI=1S/C10H15N3O3S/c1-13(2)10-5-8(16-7-3-4-7)9(6-12-10)17(11,14)15/h5-7H,3-4H2,1-2H3,(H2,11,14,15). The maximum absolute atomic E-state index is 11.4. The fraction of sp³-hybridized carbons (Fsp3) is 0.500. The molecule has 0 amide bonds. The Hall–Kier alpha value is -1.34. The third kappa shape index (κ3) is 2.86. The van der Waals surface area contributed by atoms with Gasteiger partial charge in [0, 0.05) is 20.2 Å². The highest BCUT2D eigenvalue weighted by Gasteiger charge is 2.27. The first kappa shape index (κ1) is 12.1. The van der Waals surface area contributed by atoms with Crippen LogP contribution in [0.15, 0.2) is 17.2 Å². The highest BCUT2D eigenvalue weighted by Crippen LogP contribution is 2.32. The van der Waals surface area contributed by atoms with E-state index in [-0.39, 0.29) is 16.7 Å². The van der Waals surface area contributed by atoms with Crippen LogP contribution in [0.25, 0.3) is 0 Å². The zero-order valence-corrected chi connectivity index (χ0v) is 10.6. The molecule has 0 unspecified atom stereocenters. The fourth-order valence-electron chi connectivity index (χ4n) is 1.33. The fourth-order valence-corrected chi connectivity index (χ4v) is 1.92. The molecule has 1 aromatic rings. The van der Waals surface area contributed by atoms with Crippen molar-refractivity contribution in [1.29, 1.82) is 0 Å². The van der Waals surface area contributed by atoms with Crippen molar-refractivity contribution in [2.75, 3.05) is 19.0 Å². The molecule has 1 saturated carbocycles. The van der Waals surface area contributed by atoms with Crippen molar-refractivity contribution < 1.29 is 13.2 Å². The third-order valence-corrected chi connectivity index (χ3v) is 3.32. The SMILES string of the molecule is CN(C)c1cc(OC2CC2)c(S(N)(=O)=O)cn1. The second-order valence-corrected chi connectivity index (χ2v) is 5.78. The topological polar surface area (TPSA) is 85.5 Å². The summed E-state index contributed by atoms with van der Waals surface area (Å²) in [6, 6.07) is 1.60. The van der Waals surface area contributed by atoms with Gasteiger partial charge in [-0.25, -0.2) is 18.5 Å². The van der Waals surface area contributed by atoms with Gasteiger partial charge in [0.1, 0.15) is 16.5 Å². The molecular formula is C10H15N3O3S. The molecule has 1 aliphatic rings. The number of pyridine rings is 1. The summed E-state index contributed by atoms with van der Waals surface area (Å²) in [6.07, 6.45) is 3.24. The van der Waals surface area contributed by atoms with Gasteiger partial charge in [-0.3, -0.25) is 0 Å². The predicted molar refractivity (Wildman–Crippen MR) is 63.6 cm³/mol. The lowest BCUT2D eigenvalue weighted by Gasteiger charge is -2.15. The van der Waals surface area contributed by atoms with Crippen LogP contribution >= 0.6 is 0 Å². The van der Waals surface area contributed by atoms with Crippen molar-refractivity contribution >= 4 is 15.8 Å². The van der Waals surface area contributed by atoms with Crippen molar-refractivity contribution in [2.45, 2.75) is 23.8 Å². The van der Waals surface area contributed by atoms with E-state index in [2.05, 4.69) is 4.98 Å². The van der Waals surface area contributed by atoms with Crippen molar-refractivity contribution in [3.63, 3.8) is 0 Å². The number of nitrogens with two attached hydrogens (primary N) is 1. The first-order valence-electron chi connectivity index (χ1n) is 5.25. The summed E-state index contributed by atoms with van der Waals surface area (Å²) in [5.74, 6) is 0.918. The van der Waals surface area contributed by atoms with Gasteiger partial charge in [-0.1, -0.05) is 0 Å². The van der Waals surface area contributed by atoms with E-state index < -0.39 is 10.0 Å². The molecule has 0 atom stereocenters. The normalized spacial score (nSPS) is 15.7. The summed E-state index contributed by atoms with van der Waals surface area (Å²) < 4.78 is 28.3. The van der Waals surface area contributed by atoms with Crippen LogP contribution in [0.5, 0.6) is 5.75 Å². The van der Waals surface area contributed by atoms with Crippen molar-refractivity contribution in [1.82, 2.24) is 4.98 Å². The van der Waals surface area contributed by atoms with E-state index in [1.165, 1.54) is 6.20 Å². The number of hydrogen-bond acceptors (Lipinski definition) is 5. The molecule has 1 heterocycles. The first-order valence-corrected chi connectivity index (χ1v) is 6.79. The van der Waals surface area contributed by atoms with Crippen LogP contribution in [0, 0.1) is 0 Å². The van der Waals surface area contributed by atoms with Gasteiger partial charge in [0.15, 0.2) is 0 Å². The van der Waals surface area contributed by atoms with Crippen molar-refractivity contribution in [3.05, 3.63) is 12.3 Å². The molecule has 0 spiro atoms. The van der Waals surface area contributed by atoms with E-state index in [4.69, 9.17) is 9.88 Å². The smallest absolute Gasteiger partial charge is 0.243 e. The van der Waals surface area contributed by atoms with E-state index in [1.54, 1.807) is 11.0 Å². The maximum atomic E-state index is 11.4. The summed E-state index contributed by atoms with van der Waals surface area (Å²) in [6.45, 7) is 0. The zero-order valence-electron chi connectivity index (χ0n) is 9.75. The second-order valence-electron chi connectivity index (χ2n) is 4.25. The van der Waals surface area contributed by atoms with Gasteiger partial charge in [0.25, 0.3) is 0 Å². The lowest BCUT2D eigenvalue weighted by Crippen LogP contribution is -2.17. The van der Waals surface area contributed by atoms with Crippen LogP contribution < -0.4 is 14.8 Å². The lowest BCUT2D eigenvalue weighted by molar-refractivity contribution is 0.294. The Kier molecular flexibility index (Phi) is 2.96. The van der Waals surface area contributed by atoms with Gasteiger partial charge < -0.3 is 9.64 Å². The van der Waals surface area contributed by atoms with Crippen LogP contribution in [-0.2, 0) is 10.0 Å². The number of hydrogen-bond donors (Lipinski definition) is 1. The minimum absolute atomic E-state index is 0.0602. The lowest BCUT2D eigenvalue weighted by atomic mass is 10.4. The maximum Gasteiger partial charge on any atom is 0.243 e. The molecular weight excluding hydrogens is 242 g/mol. The predicted octanol–water partition coefficient (Wildman–Crippen LogP) is 0.336. The largest absolute Gasteiger partial charge is 0.489 e. The molecule has 0 aromatic carbocycles. The number of nitrogens with zero attached hydrogens (tertiary/aromatic N) is 2. The Balaban J connectivity index is 2.43. The molecule has 1 aliphatic carbocycles. The molecule has 6 nitrogen and oxygen atoms in total. The van der Waals surface area contributed by atoms with Crippen LogP contribution in [0.1, 0.15) is 12.8 Å². The molecule has 0 saturated heterocycles. The van der Waals surface area contributed by atoms with Gasteiger partial charge >= 0.3 is 0 Å². The van der Waals surface area contributed by atoms with E-state index >= 15 is 0 Å². The number of rotatable bonds is 4. The Morgan fingerprint density at radius 2 is 2.12 bits per heavy atom. The van der Waals surface area contributed by atoms with E-state index in [1.807, 2.05) is 14.1 Å². The van der Waals surface area contributed by atoms with Crippen LogP contribution in [0.2, 0.25) is 0 Å². The highest BCUT2D eigenvalue weighted by molar-refractivity contribution is 7.89. The molecule has 17 heavy (non-hydrogen) atoms. The van der Waals surface area contributed by atoms with E-state index in [9.17, 15) is 8.42 Å². The Bertz CT molecular complexity index is 524. The molecule has 0 radical (unpaired) electrons. The molecule has 0 bridgehead atoms. The first-order chi connectivity index (χ1) is 7.88. The average Bonchev–Trinajstić information content (AvgIpc) is 2.99. The Labute approximate surface area is 100 Å². The quantitative estimate of drug-likeness (QED) is 0.840.